The smallest absolute Gasteiger partial charge is 0.243 e. The fourth-order valence-electron chi connectivity index (χ4n) is 1.57. The third kappa shape index (κ3) is 3.85. The summed E-state index contributed by atoms with van der Waals surface area (Å²) in [6, 6.07) is 10.9. The van der Waals surface area contributed by atoms with Gasteiger partial charge in [-0.25, -0.2) is 4.39 Å². The molecule has 0 aromatic heterocycles. The van der Waals surface area contributed by atoms with Crippen LogP contribution < -0.4 is 10.6 Å². The van der Waals surface area contributed by atoms with E-state index in [0.29, 0.717) is 15.7 Å². The minimum Gasteiger partial charge on any atom is -0.374 e. The molecule has 20 heavy (non-hydrogen) atoms. The van der Waals surface area contributed by atoms with Crippen LogP contribution >= 0.6 is 23.2 Å². The summed E-state index contributed by atoms with van der Waals surface area (Å²) in [6.45, 7) is -0.0796. The van der Waals surface area contributed by atoms with E-state index in [0.717, 1.165) is 0 Å². The van der Waals surface area contributed by atoms with E-state index in [-0.39, 0.29) is 18.1 Å². The van der Waals surface area contributed by atoms with Crippen LogP contribution in [0.25, 0.3) is 0 Å². The van der Waals surface area contributed by atoms with Crippen molar-refractivity contribution in [1.29, 1.82) is 0 Å². The Labute approximate surface area is 125 Å². The number of benzene rings is 2. The van der Waals surface area contributed by atoms with Crippen molar-refractivity contribution in [2.45, 2.75) is 0 Å². The van der Waals surface area contributed by atoms with Crippen LogP contribution in [0.4, 0.5) is 15.8 Å². The number of rotatable bonds is 4. The van der Waals surface area contributed by atoms with Crippen molar-refractivity contribution in [1.82, 2.24) is 0 Å². The molecule has 2 rings (SSSR count). The number of hydrogen-bond donors (Lipinski definition) is 2. The summed E-state index contributed by atoms with van der Waals surface area (Å²) in [5.41, 5.74) is 0.680. The molecule has 2 N–H and O–H groups in total. The molecule has 0 saturated heterocycles. The van der Waals surface area contributed by atoms with Crippen LogP contribution in [0.5, 0.6) is 0 Å². The van der Waals surface area contributed by atoms with Crippen molar-refractivity contribution >= 4 is 40.5 Å². The van der Waals surface area contributed by atoms with Crippen LogP contribution in [0.3, 0.4) is 0 Å². The summed E-state index contributed by atoms with van der Waals surface area (Å²) >= 11 is 11.7. The van der Waals surface area contributed by atoms with Gasteiger partial charge < -0.3 is 10.6 Å². The van der Waals surface area contributed by atoms with Crippen LogP contribution in [0.15, 0.2) is 42.5 Å². The summed E-state index contributed by atoms with van der Waals surface area (Å²) in [4.78, 5) is 11.8. The predicted octanol–water partition coefficient (Wildman–Crippen LogP) is 4.18. The normalized spacial score (nSPS) is 10.2. The summed E-state index contributed by atoms with van der Waals surface area (Å²) in [5, 5.41) is 6.15. The number of para-hydroxylation sites is 1. The molecule has 2 aromatic rings. The van der Waals surface area contributed by atoms with Gasteiger partial charge in [-0.3, -0.25) is 4.79 Å². The van der Waals surface area contributed by atoms with Crippen molar-refractivity contribution in [3.8, 4) is 0 Å². The largest absolute Gasteiger partial charge is 0.374 e. The number of nitrogens with one attached hydrogen (secondary N) is 2. The zero-order valence-electron chi connectivity index (χ0n) is 10.3. The number of amides is 1. The van der Waals surface area contributed by atoms with Gasteiger partial charge in [0.05, 0.1) is 22.9 Å². The standard InChI is InChI=1S/C14H11Cl2FN2O/c15-9-5-6-10(16)13(7-9)19-14(20)8-18-12-4-2-1-3-11(12)17/h1-7,18H,8H2,(H,19,20). The van der Waals surface area contributed by atoms with E-state index < -0.39 is 5.82 Å². The van der Waals surface area contributed by atoms with E-state index in [9.17, 15) is 9.18 Å². The lowest BCUT2D eigenvalue weighted by Gasteiger charge is -2.09. The Balaban J connectivity index is 1.96. The molecule has 0 aliphatic rings. The summed E-state index contributed by atoms with van der Waals surface area (Å²) in [5.74, 6) is -0.765. The van der Waals surface area contributed by atoms with Crippen molar-refractivity contribution in [3.05, 3.63) is 58.3 Å². The second kappa shape index (κ2) is 6.59. The quantitative estimate of drug-likeness (QED) is 0.889. The number of carbonyl (C=O) groups is 1. The highest BCUT2D eigenvalue weighted by molar-refractivity contribution is 6.35. The average molecular weight is 313 g/mol. The number of halogens is 3. The predicted molar refractivity (Wildman–Crippen MR) is 80.0 cm³/mol. The minimum atomic E-state index is -0.416. The molecule has 3 nitrogen and oxygen atoms in total. The van der Waals surface area contributed by atoms with E-state index in [1.807, 2.05) is 0 Å². The second-order valence-electron chi connectivity index (χ2n) is 4.01. The molecule has 0 spiro atoms. The summed E-state index contributed by atoms with van der Waals surface area (Å²) in [7, 11) is 0. The second-order valence-corrected chi connectivity index (χ2v) is 4.85. The molecule has 0 aliphatic carbocycles. The summed E-state index contributed by atoms with van der Waals surface area (Å²) in [6.07, 6.45) is 0. The molecular formula is C14H11Cl2FN2O. The van der Waals surface area contributed by atoms with Crippen molar-refractivity contribution < 1.29 is 9.18 Å². The van der Waals surface area contributed by atoms with E-state index in [1.54, 1.807) is 36.4 Å². The lowest BCUT2D eigenvalue weighted by molar-refractivity contribution is -0.114. The molecule has 0 unspecified atom stereocenters. The van der Waals surface area contributed by atoms with Gasteiger partial charge in [-0.1, -0.05) is 35.3 Å². The highest BCUT2D eigenvalue weighted by Gasteiger charge is 2.07. The molecule has 0 atom stereocenters. The molecular weight excluding hydrogens is 302 g/mol. The van der Waals surface area contributed by atoms with Crippen molar-refractivity contribution in [3.63, 3.8) is 0 Å². The first-order valence-corrected chi connectivity index (χ1v) is 6.55. The number of anilines is 2. The Kier molecular flexibility index (Phi) is 4.82. The van der Waals surface area contributed by atoms with Gasteiger partial charge >= 0.3 is 0 Å². The fourth-order valence-corrected chi connectivity index (χ4v) is 1.90. The molecule has 0 fully saturated rings. The van der Waals surface area contributed by atoms with Crippen LogP contribution in [-0.4, -0.2) is 12.5 Å². The van der Waals surface area contributed by atoms with Gasteiger partial charge in [0.2, 0.25) is 5.91 Å². The van der Waals surface area contributed by atoms with Gasteiger partial charge in [-0.2, -0.15) is 0 Å². The van der Waals surface area contributed by atoms with Crippen molar-refractivity contribution in [2.75, 3.05) is 17.2 Å². The topological polar surface area (TPSA) is 41.1 Å². The molecule has 2 aromatic carbocycles. The van der Waals surface area contributed by atoms with Crippen LogP contribution in [0.2, 0.25) is 10.0 Å². The van der Waals surface area contributed by atoms with Gasteiger partial charge in [0, 0.05) is 5.02 Å². The monoisotopic (exact) mass is 312 g/mol. The van der Waals surface area contributed by atoms with Gasteiger partial charge in [0.1, 0.15) is 5.82 Å². The van der Waals surface area contributed by atoms with Crippen LogP contribution in [-0.2, 0) is 4.79 Å². The molecule has 0 aliphatic heterocycles. The van der Waals surface area contributed by atoms with E-state index in [2.05, 4.69) is 10.6 Å². The van der Waals surface area contributed by atoms with Gasteiger partial charge in [0.15, 0.2) is 0 Å². The lowest BCUT2D eigenvalue weighted by atomic mass is 10.3. The van der Waals surface area contributed by atoms with Crippen LogP contribution in [0, 0.1) is 5.82 Å². The van der Waals surface area contributed by atoms with Crippen LogP contribution in [0.1, 0.15) is 0 Å². The van der Waals surface area contributed by atoms with Gasteiger partial charge in [0.25, 0.3) is 0 Å². The van der Waals surface area contributed by atoms with Gasteiger partial charge in [-0.15, -0.1) is 0 Å². The number of hydrogen-bond acceptors (Lipinski definition) is 2. The molecule has 1 amide bonds. The maximum atomic E-state index is 13.4. The summed E-state index contributed by atoms with van der Waals surface area (Å²) < 4.78 is 13.4. The maximum Gasteiger partial charge on any atom is 0.243 e. The zero-order valence-corrected chi connectivity index (χ0v) is 11.8. The molecule has 104 valence electrons. The first-order valence-electron chi connectivity index (χ1n) is 5.79. The Hall–Kier alpha value is -1.78. The lowest BCUT2D eigenvalue weighted by Crippen LogP contribution is -2.22. The highest BCUT2D eigenvalue weighted by Crippen LogP contribution is 2.25. The molecule has 0 saturated carbocycles. The minimum absolute atomic E-state index is 0.0796. The molecule has 0 bridgehead atoms. The Morgan fingerprint density at radius 2 is 1.85 bits per heavy atom. The van der Waals surface area contributed by atoms with Crippen molar-refractivity contribution in [2.24, 2.45) is 0 Å². The van der Waals surface area contributed by atoms with E-state index in [4.69, 9.17) is 23.2 Å². The third-order valence-corrected chi connectivity index (χ3v) is 3.08. The number of carbonyl (C=O) groups excluding carboxylic acids is 1. The highest BCUT2D eigenvalue weighted by atomic mass is 35.5. The van der Waals surface area contributed by atoms with E-state index >= 15 is 0 Å². The Bertz CT molecular complexity index is 634. The van der Waals surface area contributed by atoms with E-state index in [1.165, 1.54) is 6.07 Å². The maximum absolute atomic E-state index is 13.4. The van der Waals surface area contributed by atoms with Gasteiger partial charge in [-0.05, 0) is 30.3 Å². The Morgan fingerprint density at radius 3 is 2.60 bits per heavy atom. The molecule has 0 radical (unpaired) electrons. The third-order valence-electron chi connectivity index (χ3n) is 2.52. The first-order chi connectivity index (χ1) is 9.56. The molecule has 6 heteroatoms. The zero-order chi connectivity index (χ0) is 14.5. The molecule has 0 heterocycles. The first kappa shape index (κ1) is 14.6. The SMILES string of the molecule is O=C(CNc1ccccc1F)Nc1cc(Cl)ccc1Cl. The average Bonchev–Trinajstić information content (AvgIpc) is 2.42. The Morgan fingerprint density at radius 1 is 1.10 bits per heavy atom. The fraction of sp³-hybridized carbons (Fsp3) is 0.0714.